The summed E-state index contributed by atoms with van der Waals surface area (Å²) in [5.74, 6) is 0.672. The van der Waals surface area contributed by atoms with Crippen LogP contribution in [0.1, 0.15) is 20.3 Å². The van der Waals surface area contributed by atoms with Crippen LogP contribution in [0.4, 0.5) is 0 Å². The number of hydrogen-bond acceptors (Lipinski definition) is 1. The molecule has 1 aliphatic rings. The molecule has 0 radical (unpaired) electrons. The third kappa shape index (κ3) is 2.51. The summed E-state index contributed by atoms with van der Waals surface area (Å²) in [6.45, 7) is 8.93. The topological polar surface area (TPSA) is 9.23 Å². The lowest BCUT2D eigenvalue weighted by Gasteiger charge is -2.08. The molecular formula is C10H16O. The van der Waals surface area contributed by atoms with Crippen molar-refractivity contribution in [2.75, 3.05) is 6.61 Å². The maximum absolute atomic E-state index is 5.49. The lowest BCUT2D eigenvalue weighted by atomic mass is 10.0. The molecule has 0 bridgehead atoms. The van der Waals surface area contributed by atoms with E-state index in [0.717, 1.165) is 12.2 Å². The van der Waals surface area contributed by atoms with Gasteiger partial charge in [-0.1, -0.05) is 31.2 Å². The molecule has 2 unspecified atom stereocenters. The monoisotopic (exact) mass is 152 g/mol. The van der Waals surface area contributed by atoms with E-state index >= 15 is 0 Å². The Morgan fingerprint density at radius 1 is 1.64 bits per heavy atom. The minimum Gasteiger partial charge on any atom is -0.374 e. The van der Waals surface area contributed by atoms with Crippen LogP contribution in [0.25, 0.3) is 0 Å². The molecule has 1 heteroatoms. The average molecular weight is 152 g/mol. The molecule has 0 aromatic carbocycles. The molecule has 0 N–H and O–H groups in total. The van der Waals surface area contributed by atoms with Crippen molar-refractivity contribution in [3.8, 4) is 0 Å². The van der Waals surface area contributed by atoms with E-state index in [0.29, 0.717) is 12.0 Å². The van der Waals surface area contributed by atoms with E-state index in [4.69, 9.17) is 4.74 Å². The second-order valence-electron chi connectivity index (χ2n) is 3.31. The standard InChI is InChI=1S/C10H16O/c1-8(2)4-5-10-9(3)6-7-11-10/h4-5,9-10H,1,6-7H2,2-3H3/b5-4+. The van der Waals surface area contributed by atoms with Crippen LogP contribution in [0.3, 0.4) is 0 Å². The van der Waals surface area contributed by atoms with Gasteiger partial charge in [-0.2, -0.15) is 0 Å². The molecule has 1 aliphatic heterocycles. The summed E-state index contributed by atoms with van der Waals surface area (Å²) in [6.07, 6.45) is 5.66. The minimum absolute atomic E-state index is 0.326. The second kappa shape index (κ2) is 3.72. The summed E-state index contributed by atoms with van der Waals surface area (Å²) in [6, 6.07) is 0. The zero-order valence-electron chi connectivity index (χ0n) is 7.34. The van der Waals surface area contributed by atoms with Crippen LogP contribution in [-0.2, 0) is 4.74 Å². The molecule has 2 atom stereocenters. The third-order valence-corrected chi connectivity index (χ3v) is 2.01. The van der Waals surface area contributed by atoms with Crippen LogP contribution in [0.5, 0.6) is 0 Å². The molecule has 0 spiro atoms. The molecule has 11 heavy (non-hydrogen) atoms. The van der Waals surface area contributed by atoms with Gasteiger partial charge >= 0.3 is 0 Å². The van der Waals surface area contributed by atoms with Crippen LogP contribution in [0.15, 0.2) is 24.3 Å². The van der Waals surface area contributed by atoms with E-state index in [2.05, 4.69) is 19.6 Å². The summed E-state index contributed by atoms with van der Waals surface area (Å²) in [5.41, 5.74) is 1.09. The maximum Gasteiger partial charge on any atom is 0.0785 e. The highest BCUT2D eigenvalue weighted by atomic mass is 16.5. The lowest BCUT2D eigenvalue weighted by molar-refractivity contribution is 0.131. The fourth-order valence-corrected chi connectivity index (χ4v) is 1.22. The van der Waals surface area contributed by atoms with Crippen molar-refractivity contribution in [2.45, 2.75) is 26.4 Å². The number of hydrogen-bond donors (Lipinski definition) is 0. The highest BCUT2D eigenvalue weighted by Crippen LogP contribution is 2.21. The van der Waals surface area contributed by atoms with E-state index in [1.807, 2.05) is 13.0 Å². The molecule has 62 valence electrons. The van der Waals surface area contributed by atoms with E-state index in [-0.39, 0.29) is 0 Å². The van der Waals surface area contributed by atoms with Crippen molar-refractivity contribution in [3.05, 3.63) is 24.3 Å². The van der Waals surface area contributed by atoms with Crippen molar-refractivity contribution in [2.24, 2.45) is 5.92 Å². The fraction of sp³-hybridized carbons (Fsp3) is 0.600. The molecule has 0 aliphatic carbocycles. The van der Waals surface area contributed by atoms with Gasteiger partial charge in [0.1, 0.15) is 0 Å². The van der Waals surface area contributed by atoms with Gasteiger partial charge in [0, 0.05) is 6.61 Å². The van der Waals surface area contributed by atoms with Gasteiger partial charge in [0.05, 0.1) is 6.10 Å². The van der Waals surface area contributed by atoms with Gasteiger partial charge in [0.25, 0.3) is 0 Å². The number of allylic oxidation sites excluding steroid dienone is 2. The van der Waals surface area contributed by atoms with Crippen molar-refractivity contribution in [3.63, 3.8) is 0 Å². The lowest BCUT2D eigenvalue weighted by Crippen LogP contribution is -2.08. The molecule has 0 saturated carbocycles. The molecule has 1 rings (SSSR count). The van der Waals surface area contributed by atoms with Crippen LogP contribution in [0.2, 0.25) is 0 Å². The molecule has 1 saturated heterocycles. The van der Waals surface area contributed by atoms with Crippen LogP contribution in [0, 0.1) is 5.92 Å². The summed E-state index contributed by atoms with van der Waals surface area (Å²) in [4.78, 5) is 0. The average Bonchev–Trinajstić information content (AvgIpc) is 2.31. The summed E-state index contributed by atoms with van der Waals surface area (Å²) in [5, 5.41) is 0. The Labute approximate surface area is 68.8 Å². The molecule has 1 nitrogen and oxygen atoms in total. The van der Waals surface area contributed by atoms with E-state index < -0.39 is 0 Å². The number of ether oxygens (including phenoxy) is 1. The van der Waals surface area contributed by atoms with E-state index in [9.17, 15) is 0 Å². The second-order valence-corrected chi connectivity index (χ2v) is 3.31. The van der Waals surface area contributed by atoms with Crippen molar-refractivity contribution < 1.29 is 4.74 Å². The van der Waals surface area contributed by atoms with E-state index in [1.54, 1.807) is 0 Å². The molecule has 1 fully saturated rings. The first-order chi connectivity index (χ1) is 5.20. The maximum atomic E-state index is 5.49. The first kappa shape index (κ1) is 8.54. The summed E-state index contributed by atoms with van der Waals surface area (Å²) in [7, 11) is 0. The van der Waals surface area contributed by atoms with Gasteiger partial charge in [0.2, 0.25) is 0 Å². The number of rotatable bonds is 2. The Kier molecular flexibility index (Phi) is 2.89. The van der Waals surface area contributed by atoms with Crippen molar-refractivity contribution >= 4 is 0 Å². The Balaban J connectivity index is 2.42. The molecule has 0 aromatic rings. The van der Waals surface area contributed by atoms with Gasteiger partial charge in [-0.05, 0) is 19.3 Å². The normalized spacial score (nSPS) is 31.5. The van der Waals surface area contributed by atoms with Gasteiger partial charge < -0.3 is 4.74 Å². The van der Waals surface area contributed by atoms with E-state index in [1.165, 1.54) is 6.42 Å². The highest BCUT2D eigenvalue weighted by Gasteiger charge is 2.20. The largest absolute Gasteiger partial charge is 0.374 e. The first-order valence-electron chi connectivity index (χ1n) is 4.15. The van der Waals surface area contributed by atoms with Crippen LogP contribution in [-0.4, -0.2) is 12.7 Å². The Hall–Kier alpha value is -0.560. The molecular weight excluding hydrogens is 136 g/mol. The third-order valence-electron chi connectivity index (χ3n) is 2.01. The predicted molar refractivity (Wildman–Crippen MR) is 47.5 cm³/mol. The molecule has 0 aromatic heterocycles. The zero-order valence-corrected chi connectivity index (χ0v) is 7.34. The quantitative estimate of drug-likeness (QED) is 0.552. The fourth-order valence-electron chi connectivity index (χ4n) is 1.22. The minimum atomic E-state index is 0.326. The van der Waals surface area contributed by atoms with Crippen molar-refractivity contribution in [1.82, 2.24) is 0 Å². The van der Waals surface area contributed by atoms with Gasteiger partial charge in [-0.15, -0.1) is 0 Å². The first-order valence-corrected chi connectivity index (χ1v) is 4.15. The summed E-state index contributed by atoms with van der Waals surface area (Å²) >= 11 is 0. The summed E-state index contributed by atoms with van der Waals surface area (Å²) < 4.78 is 5.49. The molecule has 0 amide bonds. The Morgan fingerprint density at radius 2 is 2.36 bits per heavy atom. The predicted octanol–water partition coefficient (Wildman–Crippen LogP) is 2.54. The molecule has 1 heterocycles. The van der Waals surface area contributed by atoms with Gasteiger partial charge in [-0.25, -0.2) is 0 Å². The zero-order chi connectivity index (χ0) is 8.27. The Bertz CT molecular complexity index is 170. The van der Waals surface area contributed by atoms with Crippen LogP contribution >= 0.6 is 0 Å². The highest BCUT2D eigenvalue weighted by molar-refractivity contribution is 5.13. The SMILES string of the molecule is C=C(C)/C=C/C1OCCC1C. The van der Waals surface area contributed by atoms with Gasteiger partial charge in [0.15, 0.2) is 0 Å². The van der Waals surface area contributed by atoms with Gasteiger partial charge in [-0.3, -0.25) is 0 Å². The smallest absolute Gasteiger partial charge is 0.0785 e. The Morgan fingerprint density at radius 3 is 2.82 bits per heavy atom. The van der Waals surface area contributed by atoms with Crippen LogP contribution < -0.4 is 0 Å². The van der Waals surface area contributed by atoms with Crippen molar-refractivity contribution in [1.29, 1.82) is 0 Å².